The smallest absolute Gasteiger partial charge is 0.243 e. The highest BCUT2D eigenvalue weighted by atomic mass is 16.5. The lowest BCUT2D eigenvalue weighted by Gasteiger charge is -2.58. The number of ether oxygens (including phenoxy) is 1. The third-order valence-corrected chi connectivity index (χ3v) is 4.33. The molecule has 1 aliphatic rings. The molecule has 3 unspecified atom stereocenters. The van der Waals surface area contributed by atoms with Crippen LogP contribution >= 0.6 is 0 Å². The van der Waals surface area contributed by atoms with E-state index < -0.39 is 5.54 Å². The van der Waals surface area contributed by atoms with Crippen molar-refractivity contribution in [3.05, 3.63) is 0 Å². The van der Waals surface area contributed by atoms with Crippen LogP contribution in [0.5, 0.6) is 0 Å². The van der Waals surface area contributed by atoms with Crippen LogP contribution in [-0.2, 0) is 9.53 Å². The van der Waals surface area contributed by atoms with Crippen LogP contribution in [0.4, 0.5) is 0 Å². The topological polar surface area (TPSA) is 79.3 Å². The predicted octanol–water partition coefficient (Wildman–Crippen LogP) is 1.14. The zero-order chi connectivity index (χ0) is 14.8. The Bertz CT molecular complexity index is 389. The van der Waals surface area contributed by atoms with E-state index in [9.17, 15) is 4.79 Å². The van der Waals surface area contributed by atoms with Crippen molar-refractivity contribution < 1.29 is 9.53 Å². The standard InChI is InChI=1S/C14H25N3O2/c1-6-19-11-7-14(16,13(11,3)4)12(18)17(5)9-10(2)8-15/h10-11H,6-7,9,16H2,1-5H3. The summed E-state index contributed by atoms with van der Waals surface area (Å²) in [7, 11) is 1.70. The van der Waals surface area contributed by atoms with Gasteiger partial charge < -0.3 is 15.4 Å². The summed E-state index contributed by atoms with van der Waals surface area (Å²) in [6.45, 7) is 8.70. The van der Waals surface area contributed by atoms with Crippen LogP contribution in [0.25, 0.3) is 0 Å². The number of hydrogen-bond acceptors (Lipinski definition) is 4. The van der Waals surface area contributed by atoms with Crippen LogP contribution < -0.4 is 5.73 Å². The molecule has 19 heavy (non-hydrogen) atoms. The number of carbonyl (C=O) groups excluding carboxylic acids is 1. The maximum absolute atomic E-state index is 12.5. The van der Waals surface area contributed by atoms with Gasteiger partial charge in [0.1, 0.15) is 5.54 Å². The van der Waals surface area contributed by atoms with Crippen LogP contribution in [0.3, 0.4) is 0 Å². The van der Waals surface area contributed by atoms with E-state index in [-0.39, 0.29) is 23.3 Å². The first-order valence-electron chi connectivity index (χ1n) is 6.76. The van der Waals surface area contributed by atoms with E-state index in [1.165, 1.54) is 0 Å². The molecule has 0 heterocycles. The molecule has 3 atom stereocenters. The first-order chi connectivity index (χ1) is 8.70. The van der Waals surface area contributed by atoms with Crippen molar-refractivity contribution in [1.29, 1.82) is 5.26 Å². The highest BCUT2D eigenvalue weighted by Crippen LogP contribution is 2.50. The third-order valence-electron chi connectivity index (χ3n) is 4.33. The zero-order valence-corrected chi connectivity index (χ0v) is 12.6. The maximum Gasteiger partial charge on any atom is 0.243 e. The van der Waals surface area contributed by atoms with Crippen molar-refractivity contribution in [3.8, 4) is 6.07 Å². The fourth-order valence-corrected chi connectivity index (χ4v) is 2.67. The molecular formula is C14H25N3O2. The summed E-state index contributed by atoms with van der Waals surface area (Å²) < 4.78 is 5.62. The van der Waals surface area contributed by atoms with Gasteiger partial charge in [-0.3, -0.25) is 4.79 Å². The average molecular weight is 267 g/mol. The van der Waals surface area contributed by atoms with E-state index in [1.54, 1.807) is 18.9 Å². The molecule has 0 aromatic rings. The highest BCUT2D eigenvalue weighted by molar-refractivity contribution is 5.88. The molecule has 1 saturated carbocycles. The number of likely N-dealkylation sites (N-methyl/N-ethyl adjacent to an activating group) is 1. The van der Waals surface area contributed by atoms with E-state index in [0.717, 1.165) is 0 Å². The van der Waals surface area contributed by atoms with Gasteiger partial charge in [0.25, 0.3) is 0 Å². The minimum absolute atomic E-state index is 0.0215. The van der Waals surface area contributed by atoms with Gasteiger partial charge in [0.2, 0.25) is 5.91 Å². The number of nitriles is 1. The molecule has 1 amide bonds. The molecular weight excluding hydrogens is 242 g/mol. The largest absolute Gasteiger partial charge is 0.378 e. The Hall–Kier alpha value is -1.12. The average Bonchev–Trinajstić information content (AvgIpc) is 2.36. The van der Waals surface area contributed by atoms with Gasteiger partial charge in [0.05, 0.1) is 18.1 Å². The zero-order valence-electron chi connectivity index (χ0n) is 12.6. The van der Waals surface area contributed by atoms with Crippen LogP contribution in [0.1, 0.15) is 34.1 Å². The van der Waals surface area contributed by atoms with Crippen LogP contribution in [0.2, 0.25) is 0 Å². The van der Waals surface area contributed by atoms with E-state index in [4.69, 9.17) is 15.7 Å². The van der Waals surface area contributed by atoms with Crippen molar-refractivity contribution in [3.63, 3.8) is 0 Å². The summed E-state index contributed by atoms with van der Waals surface area (Å²) in [5.41, 5.74) is 5.03. The maximum atomic E-state index is 12.5. The molecule has 0 saturated heterocycles. The number of nitrogens with two attached hydrogens (primary N) is 1. The second kappa shape index (κ2) is 5.48. The summed E-state index contributed by atoms with van der Waals surface area (Å²) in [5.74, 6) is -0.293. The minimum Gasteiger partial charge on any atom is -0.378 e. The second-order valence-electron chi connectivity index (χ2n) is 6.06. The summed E-state index contributed by atoms with van der Waals surface area (Å²) in [4.78, 5) is 14.1. The molecule has 1 aliphatic carbocycles. The van der Waals surface area contributed by atoms with Gasteiger partial charge in [0, 0.05) is 32.0 Å². The van der Waals surface area contributed by atoms with E-state index in [2.05, 4.69) is 6.07 Å². The minimum atomic E-state index is -0.892. The van der Waals surface area contributed by atoms with Crippen molar-refractivity contribution in [2.24, 2.45) is 17.1 Å². The third kappa shape index (κ3) is 2.60. The SMILES string of the molecule is CCOC1CC(N)(C(=O)N(C)CC(C)C#N)C1(C)C. The van der Waals surface area contributed by atoms with Crippen molar-refractivity contribution >= 4 is 5.91 Å². The van der Waals surface area contributed by atoms with E-state index in [0.29, 0.717) is 19.6 Å². The molecule has 108 valence electrons. The summed E-state index contributed by atoms with van der Waals surface area (Å²) >= 11 is 0. The Labute approximate surface area is 115 Å². The molecule has 0 aromatic carbocycles. The van der Waals surface area contributed by atoms with E-state index >= 15 is 0 Å². The number of nitrogens with zero attached hydrogens (tertiary/aromatic N) is 2. The predicted molar refractivity (Wildman–Crippen MR) is 73.1 cm³/mol. The molecule has 0 spiro atoms. The van der Waals surface area contributed by atoms with Gasteiger partial charge >= 0.3 is 0 Å². The Morgan fingerprint density at radius 3 is 2.63 bits per heavy atom. The van der Waals surface area contributed by atoms with Crippen LogP contribution in [-0.4, -0.2) is 42.6 Å². The molecule has 0 bridgehead atoms. The molecule has 0 aromatic heterocycles. The number of hydrogen-bond donors (Lipinski definition) is 1. The van der Waals surface area contributed by atoms with Crippen LogP contribution in [0.15, 0.2) is 0 Å². The van der Waals surface area contributed by atoms with Gasteiger partial charge in [-0.25, -0.2) is 0 Å². The molecule has 0 radical (unpaired) electrons. The van der Waals surface area contributed by atoms with Crippen molar-refractivity contribution in [2.45, 2.75) is 45.8 Å². The quantitative estimate of drug-likeness (QED) is 0.810. The highest BCUT2D eigenvalue weighted by Gasteiger charge is 2.63. The number of carbonyl (C=O) groups is 1. The van der Waals surface area contributed by atoms with Gasteiger partial charge in [-0.15, -0.1) is 0 Å². The molecule has 5 heteroatoms. The Morgan fingerprint density at radius 2 is 2.21 bits per heavy atom. The molecule has 5 nitrogen and oxygen atoms in total. The lowest BCUT2D eigenvalue weighted by atomic mass is 9.54. The Morgan fingerprint density at radius 1 is 1.63 bits per heavy atom. The Kier molecular flexibility index (Phi) is 4.59. The Balaban J connectivity index is 2.75. The normalized spacial score (nSPS) is 30.1. The van der Waals surface area contributed by atoms with Gasteiger partial charge in [-0.2, -0.15) is 5.26 Å². The number of amides is 1. The van der Waals surface area contributed by atoms with Crippen LogP contribution in [0, 0.1) is 22.7 Å². The molecule has 0 aliphatic heterocycles. The lowest BCUT2D eigenvalue weighted by Crippen LogP contribution is -2.75. The molecule has 1 rings (SSSR count). The fourth-order valence-electron chi connectivity index (χ4n) is 2.67. The first kappa shape index (κ1) is 15.9. The summed E-state index contributed by atoms with van der Waals surface area (Å²) in [6.07, 6.45) is 0.561. The van der Waals surface area contributed by atoms with Gasteiger partial charge in [0.15, 0.2) is 0 Å². The van der Waals surface area contributed by atoms with Crippen molar-refractivity contribution in [1.82, 2.24) is 4.90 Å². The monoisotopic (exact) mass is 267 g/mol. The van der Waals surface area contributed by atoms with Gasteiger partial charge in [-0.1, -0.05) is 13.8 Å². The lowest BCUT2D eigenvalue weighted by molar-refractivity contribution is -0.178. The van der Waals surface area contributed by atoms with Gasteiger partial charge in [-0.05, 0) is 13.8 Å². The molecule has 2 N–H and O–H groups in total. The fraction of sp³-hybridized carbons (Fsp3) is 0.857. The summed E-state index contributed by atoms with van der Waals surface area (Å²) in [5, 5.41) is 8.81. The van der Waals surface area contributed by atoms with E-state index in [1.807, 2.05) is 20.8 Å². The first-order valence-corrected chi connectivity index (χ1v) is 6.76. The second-order valence-corrected chi connectivity index (χ2v) is 6.06. The summed E-state index contributed by atoms with van der Waals surface area (Å²) in [6, 6.07) is 2.13. The van der Waals surface area contributed by atoms with Crippen molar-refractivity contribution in [2.75, 3.05) is 20.2 Å². The number of rotatable bonds is 5. The molecule has 1 fully saturated rings.